The molecule has 2 aliphatic rings. The first kappa shape index (κ1) is 15.2. The molecule has 0 unspecified atom stereocenters. The third-order valence-electron chi connectivity index (χ3n) is 4.80. The van der Waals surface area contributed by atoms with Gasteiger partial charge < -0.3 is 18.8 Å². The molecule has 4 rings (SSSR count). The molecule has 1 amide bonds. The number of pyridine rings is 1. The number of rotatable bonds is 3. The monoisotopic (exact) mass is 328 g/mol. The molecule has 1 saturated heterocycles. The zero-order chi connectivity index (χ0) is 16.5. The summed E-state index contributed by atoms with van der Waals surface area (Å²) in [5.74, 6) is 1.27. The second-order valence-corrected chi connectivity index (χ2v) is 6.19. The van der Waals surface area contributed by atoms with Crippen molar-refractivity contribution in [2.24, 2.45) is 0 Å². The lowest BCUT2D eigenvalue weighted by atomic mass is 10.1. The number of furan rings is 1. The minimum atomic E-state index is -0.114. The van der Waals surface area contributed by atoms with Gasteiger partial charge in [0.15, 0.2) is 0 Å². The summed E-state index contributed by atoms with van der Waals surface area (Å²) in [6.07, 6.45) is 4.79. The van der Waals surface area contributed by atoms with Crippen LogP contribution in [0.5, 0.6) is 5.88 Å². The molecule has 126 valence electrons. The molecule has 1 aliphatic carbocycles. The first-order valence-corrected chi connectivity index (χ1v) is 8.28. The molecule has 0 spiro atoms. The third kappa shape index (κ3) is 2.67. The van der Waals surface area contributed by atoms with Crippen LogP contribution in [0.25, 0.3) is 0 Å². The van der Waals surface area contributed by atoms with Gasteiger partial charge in [-0.25, -0.2) is 4.98 Å². The Morgan fingerprint density at radius 1 is 1.33 bits per heavy atom. The second kappa shape index (κ2) is 6.28. The van der Waals surface area contributed by atoms with Crippen molar-refractivity contribution in [3.05, 3.63) is 48.0 Å². The zero-order valence-corrected chi connectivity index (χ0v) is 13.6. The molecule has 2 fully saturated rings. The van der Waals surface area contributed by atoms with E-state index in [9.17, 15) is 4.79 Å². The first-order chi connectivity index (χ1) is 11.7. The quantitative estimate of drug-likeness (QED) is 0.866. The minimum Gasteiger partial charge on any atom is -0.471 e. The normalized spacial score (nSPS) is 26.2. The predicted octanol–water partition coefficient (Wildman–Crippen LogP) is 2.43. The number of amides is 1. The molecule has 0 aromatic carbocycles. The molecule has 6 nitrogen and oxygen atoms in total. The summed E-state index contributed by atoms with van der Waals surface area (Å²) in [4.78, 5) is 19.0. The molecule has 0 N–H and O–H groups in total. The Bertz CT molecular complexity index is 715. The fourth-order valence-electron chi connectivity index (χ4n) is 3.63. The maximum absolute atomic E-state index is 12.8. The van der Waals surface area contributed by atoms with Gasteiger partial charge in [-0.2, -0.15) is 0 Å². The molecule has 0 bridgehead atoms. The van der Waals surface area contributed by atoms with Gasteiger partial charge in [-0.05, 0) is 31.9 Å². The number of carbonyl (C=O) groups is 1. The maximum atomic E-state index is 12.8. The van der Waals surface area contributed by atoms with E-state index in [-0.39, 0.29) is 24.2 Å². The van der Waals surface area contributed by atoms with Crippen LogP contribution in [0.1, 0.15) is 29.0 Å². The van der Waals surface area contributed by atoms with E-state index in [1.165, 1.54) is 0 Å². The average molecular weight is 328 g/mol. The lowest BCUT2D eigenvalue weighted by Crippen LogP contribution is -2.54. The second-order valence-electron chi connectivity index (χ2n) is 6.19. The van der Waals surface area contributed by atoms with E-state index >= 15 is 0 Å². The zero-order valence-electron chi connectivity index (χ0n) is 13.6. The molecule has 1 aliphatic heterocycles. The van der Waals surface area contributed by atoms with Gasteiger partial charge in [0, 0.05) is 18.8 Å². The summed E-state index contributed by atoms with van der Waals surface area (Å²) in [6, 6.07) is 7.37. The van der Waals surface area contributed by atoms with Crippen molar-refractivity contribution in [1.82, 2.24) is 9.88 Å². The largest absolute Gasteiger partial charge is 0.471 e. The number of morpholine rings is 1. The number of hydrogen-bond donors (Lipinski definition) is 0. The van der Waals surface area contributed by atoms with Gasteiger partial charge in [-0.3, -0.25) is 4.79 Å². The summed E-state index contributed by atoms with van der Waals surface area (Å²) >= 11 is 0. The number of aryl methyl sites for hydroxylation is 1. The number of ether oxygens (including phenoxy) is 2. The topological polar surface area (TPSA) is 64.8 Å². The van der Waals surface area contributed by atoms with Gasteiger partial charge >= 0.3 is 0 Å². The van der Waals surface area contributed by atoms with Crippen LogP contribution >= 0.6 is 0 Å². The number of nitrogens with zero attached hydrogens (tertiary/aromatic N) is 2. The Kier molecular flexibility index (Phi) is 3.98. The van der Waals surface area contributed by atoms with E-state index in [4.69, 9.17) is 13.9 Å². The molecule has 2 aromatic rings. The Morgan fingerprint density at radius 2 is 2.25 bits per heavy atom. The standard InChI is InChI=1S/C18H20N2O4/c1-12-13(7-10-22-12)18(21)20-9-11-23-17-14(20)5-6-15(17)24-16-4-2-3-8-19-16/h2-4,7-8,10,14-15,17H,5-6,9,11H2,1H3/t14-,15-,17+/m1/s1. The third-order valence-corrected chi connectivity index (χ3v) is 4.80. The average Bonchev–Trinajstić information content (AvgIpc) is 3.22. The van der Waals surface area contributed by atoms with Crippen molar-refractivity contribution in [3.63, 3.8) is 0 Å². The van der Waals surface area contributed by atoms with Crippen LogP contribution in [0.2, 0.25) is 0 Å². The lowest BCUT2D eigenvalue weighted by molar-refractivity contribution is -0.0793. The van der Waals surface area contributed by atoms with Gasteiger partial charge in [-0.1, -0.05) is 6.07 Å². The van der Waals surface area contributed by atoms with Gasteiger partial charge in [0.25, 0.3) is 5.91 Å². The first-order valence-electron chi connectivity index (χ1n) is 8.28. The van der Waals surface area contributed by atoms with Crippen LogP contribution in [0.4, 0.5) is 0 Å². The SMILES string of the molecule is Cc1occc1C(=O)N1CCO[C@H]2[C@H]1CC[C@H]2Oc1ccccn1. The number of fused-ring (bicyclic) bond motifs is 1. The minimum absolute atomic E-state index is 0.0121. The van der Waals surface area contributed by atoms with Crippen molar-refractivity contribution in [1.29, 1.82) is 0 Å². The summed E-state index contributed by atoms with van der Waals surface area (Å²) in [7, 11) is 0. The van der Waals surface area contributed by atoms with E-state index in [0.717, 1.165) is 12.8 Å². The smallest absolute Gasteiger partial charge is 0.257 e. The summed E-state index contributed by atoms with van der Waals surface area (Å²) in [6.45, 7) is 2.93. The van der Waals surface area contributed by atoms with Crippen LogP contribution in [-0.4, -0.2) is 47.2 Å². The van der Waals surface area contributed by atoms with Crippen LogP contribution < -0.4 is 4.74 Å². The van der Waals surface area contributed by atoms with Crippen LogP contribution in [-0.2, 0) is 4.74 Å². The molecule has 1 saturated carbocycles. The summed E-state index contributed by atoms with van der Waals surface area (Å²) in [5.41, 5.74) is 0.629. The van der Waals surface area contributed by atoms with Crippen molar-refractivity contribution in [2.75, 3.05) is 13.2 Å². The Balaban J connectivity index is 1.50. The van der Waals surface area contributed by atoms with E-state index in [1.807, 2.05) is 30.0 Å². The molecular formula is C18H20N2O4. The molecule has 3 heterocycles. The molecule has 0 radical (unpaired) electrons. The van der Waals surface area contributed by atoms with Crippen LogP contribution in [0.15, 0.2) is 41.1 Å². The highest BCUT2D eigenvalue weighted by Crippen LogP contribution is 2.33. The van der Waals surface area contributed by atoms with E-state index in [2.05, 4.69) is 4.98 Å². The van der Waals surface area contributed by atoms with Gasteiger partial charge in [0.1, 0.15) is 18.0 Å². The van der Waals surface area contributed by atoms with Crippen molar-refractivity contribution >= 4 is 5.91 Å². The van der Waals surface area contributed by atoms with E-state index < -0.39 is 0 Å². The predicted molar refractivity (Wildman–Crippen MR) is 85.9 cm³/mol. The maximum Gasteiger partial charge on any atom is 0.257 e. The van der Waals surface area contributed by atoms with Crippen molar-refractivity contribution in [2.45, 2.75) is 38.0 Å². The van der Waals surface area contributed by atoms with Gasteiger partial charge in [0.2, 0.25) is 5.88 Å². The molecule has 3 atom stereocenters. The van der Waals surface area contributed by atoms with Crippen molar-refractivity contribution < 1.29 is 18.7 Å². The highest BCUT2D eigenvalue weighted by molar-refractivity contribution is 5.95. The summed E-state index contributed by atoms with van der Waals surface area (Å²) in [5, 5.41) is 0. The van der Waals surface area contributed by atoms with E-state index in [1.54, 1.807) is 18.5 Å². The molecule has 6 heteroatoms. The van der Waals surface area contributed by atoms with Gasteiger partial charge in [0.05, 0.1) is 24.5 Å². The molecular weight excluding hydrogens is 308 g/mol. The summed E-state index contributed by atoms with van der Waals surface area (Å²) < 4.78 is 17.2. The lowest BCUT2D eigenvalue weighted by Gasteiger charge is -2.38. The fraction of sp³-hybridized carbons (Fsp3) is 0.444. The van der Waals surface area contributed by atoms with Gasteiger partial charge in [-0.15, -0.1) is 0 Å². The number of carbonyl (C=O) groups excluding carboxylic acids is 1. The Hall–Kier alpha value is -2.34. The van der Waals surface area contributed by atoms with E-state index in [0.29, 0.717) is 30.4 Å². The highest BCUT2D eigenvalue weighted by Gasteiger charge is 2.46. The Labute approximate surface area is 140 Å². The fourth-order valence-corrected chi connectivity index (χ4v) is 3.63. The highest BCUT2D eigenvalue weighted by atomic mass is 16.5. The molecule has 24 heavy (non-hydrogen) atoms. The Morgan fingerprint density at radius 3 is 3.00 bits per heavy atom. The van der Waals surface area contributed by atoms with Crippen molar-refractivity contribution in [3.8, 4) is 5.88 Å². The number of hydrogen-bond acceptors (Lipinski definition) is 5. The number of aromatic nitrogens is 1. The van der Waals surface area contributed by atoms with Crippen LogP contribution in [0, 0.1) is 6.92 Å². The molecule has 2 aromatic heterocycles. The van der Waals surface area contributed by atoms with Crippen LogP contribution in [0.3, 0.4) is 0 Å².